The molecule has 1 aliphatic rings. The van der Waals surface area contributed by atoms with Gasteiger partial charge in [-0.2, -0.15) is 0 Å². The zero-order valence-electron chi connectivity index (χ0n) is 17.4. The van der Waals surface area contributed by atoms with Crippen LogP contribution in [-0.2, 0) is 15.8 Å². The first-order valence-electron chi connectivity index (χ1n) is 9.75. The lowest BCUT2D eigenvalue weighted by atomic mass is 10.1. The minimum absolute atomic E-state index is 0.103. The summed E-state index contributed by atoms with van der Waals surface area (Å²) in [4.78, 5) is 16.8. The van der Waals surface area contributed by atoms with Gasteiger partial charge in [0.05, 0.1) is 11.6 Å². The quantitative estimate of drug-likeness (QED) is 0.646. The van der Waals surface area contributed by atoms with E-state index in [0.717, 1.165) is 43.1 Å². The van der Waals surface area contributed by atoms with Crippen molar-refractivity contribution in [2.45, 2.75) is 38.7 Å². The zero-order chi connectivity index (χ0) is 22.8. The van der Waals surface area contributed by atoms with Gasteiger partial charge < -0.3 is 10.1 Å². The Morgan fingerprint density at radius 1 is 1.29 bits per heavy atom. The van der Waals surface area contributed by atoms with Gasteiger partial charge >= 0.3 is 0 Å². The fourth-order valence-corrected chi connectivity index (χ4v) is 3.46. The highest BCUT2D eigenvalue weighted by molar-refractivity contribution is 7.93. The Labute approximate surface area is 180 Å². The van der Waals surface area contributed by atoms with Gasteiger partial charge in [-0.1, -0.05) is 18.2 Å². The van der Waals surface area contributed by atoms with Gasteiger partial charge in [-0.15, -0.1) is 0 Å². The average Bonchev–Trinajstić information content (AvgIpc) is 3.48. The Hall–Kier alpha value is -2.81. The highest BCUT2D eigenvalue weighted by atomic mass is 32.2. The Kier molecular flexibility index (Phi) is 6.45. The highest BCUT2D eigenvalue weighted by Crippen LogP contribution is 2.36. The third-order valence-electron chi connectivity index (χ3n) is 4.73. The van der Waals surface area contributed by atoms with Crippen LogP contribution in [0.4, 0.5) is 8.78 Å². The fraction of sp³-hybridized carbons (Fsp3) is 0.364. The molecule has 1 heterocycles. The smallest absolute Gasteiger partial charge is 0.275 e. The van der Waals surface area contributed by atoms with Crippen molar-refractivity contribution in [1.29, 1.82) is 0 Å². The van der Waals surface area contributed by atoms with Crippen molar-refractivity contribution in [1.82, 2.24) is 10.3 Å². The molecule has 1 aliphatic carbocycles. The van der Waals surface area contributed by atoms with E-state index < -0.39 is 33.3 Å². The summed E-state index contributed by atoms with van der Waals surface area (Å²) in [6, 6.07) is 8.67. The molecule has 0 saturated heterocycles. The van der Waals surface area contributed by atoms with Crippen LogP contribution in [0, 0.1) is 12.8 Å². The maximum Gasteiger partial charge on any atom is 0.275 e. The van der Waals surface area contributed by atoms with Gasteiger partial charge in [-0.3, -0.25) is 4.79 Å². The minimum Gasteiger partial charge on any atom is -0.438 e. The summed E-state index contributed by atoms with van der Waals surface area (Å²) < 4.78 is 56.6. The molecule has 0 unspecified atom stereocenters. The lowest BCUT2D eigenvalue weighted by molar-refractivity contribution is 0.0149. The number of ether oxygens (including phenoxy) is 1. The number of rotatable bonds is 8. The van der Waals surface area contributed by atoms with Gasteiger partial charge in [0.15, 0.2) is 9.84 Å². The van der Waals surface area contributed by atoms with Crippen molar-refractivity contribution in [2.24, 2.45) is 5.92 Å². The van der Waals surface area contributed by atoms with Crippen LogP contribution in [0.1, 0.15) is 41.4 Å². The number of hydrogen-bond donors (Lipinski definition) is 1. The standard InChI is InChI=1S/C22H24F2N2O4S/c1-14-5-4-6-16(13-14)30-21-17(22(2,23)24)9-10-19(26-21)20(27)25-18(15-7-8-15)11-12-31(3,28)29/h4-6,9-13,15,18H,7-8H2,1-3H3,(H,25,27)/b12-11+/t18-/m1/s1. The molecule has 0 aliphatic heterocycles. The van der Waals surface area contributed by atoms with Gasteiger partial charge in [-0.25, -0.2) is 22.2 Å². The number of pyridine rings is 1. The van der Waals surface area contributed by atoms with Crippen LogP contribution in [0.5, 0.6) is 11.6 Å². The monoisotopic (exact) mass is 450 g/mol. The first kappa shape index (κ1) is 22.9. The minimum atomic E-state index is -3.34. The molecule has 9 heteroatoms. The Bertz CT molecular complexity index is 1110. The van der Waals surface area contributed by atoms with Crippen LogP contribution in [0.3, 0.4) is 0 Å². The maximum atomic E-state index is 14.1. The molecule has 3 rings (SSSR count). The molecule has 1 aromatic carbocycles. The van der Waals surface area contributed by atoms with Gasteiger partial charge in [0.25, 0.3) is 11.8 Å². The van der Waals surface area contributed by atoms with E-state index in [-0.39, 0.29) is 17.5 Å². The molecule has 0 spiro atoms. The Morgan fingerprint density at radius 3 is 2.58 bits per heavy atom. The Morgan fingerprint density at radius 2 is 2.00 bits per heavy atom. The van der Waals surface area contributed by atoms with E-state index in [4.69, 9.17) is 4.74 Å². The van der Waals surface area contributed by atoms with Crippen molar-refractivity contribution in [2.75, 3.05) is 6.26 Å². The number of sulfone groups is 1. The first-order valence-corrected chi connectivity index (χ1v) is 11.7. The van der Waals surface area contributed by atoms with Crippen molar-refractivity contribution >= 4 is 15.7 Å². The highest BCUT2D eigenvalue weighted by Gasteiger charge is 2.33. The van der Waals surface area contributed by atoms with Gasteiger partial charge in [0.2, 0.25) is 5.88 Å². The van der Waals surface area contributed by atoms with Crippen LogP contribution in [-0.4, -0.2) is 31.6 Å². The van der Waals surface area contributed by atoms with Crippen LogP contribution >= 0.6 is 0 Å². The number of halogens is 2. The second kappa shape index (κ2) is 8.74. The average molecular weight is 451 g/mol. The van der Waals surface area contributed by atoms with Crippen LogP contribution in [0.25, 0.3) is 0 Å². The summed E-state index contributed by atoms with van der Waals surface area (Å²) in [6.45, 7) is 2.56. The number of hydrogen-bond acceptors (Lipinski definition) is 5. The number of aromatic nitrogens is 1. The molecule has 31 heavy (non-hydrogen) atoms. The summed E-state index contributed by atoms with van der Waals surface area (Å²) in [5.41, 5.74) is 0.330. The molecule has 6 nitrogen and oxygen atoms in total. The summed E-state index contributed by atoms with van der Waals surface area (Å²) in [6.07, 6.45) is 4.21. The van der Waals surface area contributed by atoms with Crippen molar-refractivity contribution in [3.8, 4) is 11.6 Å². The van der Waals surface area contributed by atoms with Crippen LogP contribution in [0.2, 0.25) is 0 Å². The number of carbonyl (C=O) groups is 1. The van der Waals surface area contributed by atoms with Crippen LogP contribution < -0.4 is 10.1 Å². The summed E-state index contributed by atoms with van der Waals surface area (Å²) in [5.74, 6) is -3.74. The molecule has 166 valence electrons. The van der Waals surface area contributed by atoms with Gasteiger partial charge in [0, 0.05) is 18.6 Å². The molecule has 0 radical (unpaired) electrons. The van der Waals surface area contributed by atoms with Gasteiger partial charge in [0.1, 0.15) is 11.4 Å². The van der Waals surface area contributed by atoms with Gasteiger partial charge in [-0.05, 0) is 55.5 Å². The maximum absolute atomic E-state index is 14.1. The number of amides is 1. The topological polar surface area (TPSA) is 85.4 Å². The number of nitrogens with zero attached hydrogens (tertiary/aromatic N) is 1. The third kappa shape index (κ3) is 6.58. The zero-order valence-corrected chi connectivity index (χ0v) is 18.2. The largest absolute Gasteiger partial charge is 0.438 e. The molecule has 0 bridgehead atoms. The molecular weight excluding hydrogens is 426 g/mol. The second-order valence-corrected chi connectivity index (χ2v) is 9.78. The summed E-state index contributed by atoms with van der Waals surface area (Å²) >= 11 is 0. The van der Waals surface area contributed by atoms with E-state index in [2.05, 4.69) is 10.3 Å². The lowest BCUT2D eigenvalue weighted by Crippen LogP contribution is -2.35. The molecule has 1 atom stereocenters. The van der Waals surface area contributed by atoms with Crippen molar-refractivity contribution in [3.63, 3.8) is 0 Å². The van der Waals surface area contributed by atoms with Crippen LogP contribution in [0.15, 0.2) is 47.9 Å². The van der Waals surface area contributed by atoms with E-state index in [1.165, 1.54) is 12.1 Å². The lowest BCUT2D eigenvalue weighted by Gasteiger charge is -2.18. The number of carbonyl (C=O) groups excluding carboxylic acids is 1. The second-order valence-electron chi connectivity index (χ2n) is 7.85. The normalized spacial score (nSPS) is 15.6. The predicted molar refractivity (Wildman–Crippen MR) is 113 cm³/mol. The number of aryl methyl sites for hydroxylation is 1. The predicted octanol–water partition coefficient (Wildman–Crippen LogP) is 4.36. The number of alkyl halides is 2. The molecule has 1 saturated carbocycles. The molecule has 1 aromatic heterocycles. The molecule has 1 N–H and O–H groups in total. The number of benzene rings is 1. The van der Waals surface area contributed by atoms with Crippen molar-refractivity contribution in [3.05, 3.63) is 64.7 Å². The summed E-state index contributed by atoms with van der Waals surface area (Å²) in [5, 5.41) is 3.78. The van der Waals surface area contributed by atoms with E-state index in [1.54, 1.807) is 18.2 Å². The van der Waals surface area contributed by atoms with E-state index in [1.807, 2.05) is 13.0 Å². The van der Waals surface area contributed by atoms with E-state index >= 15 is 0 Å². The van der Waals surface area contributed by atoms with E-state index in [9.17, 15) is 22.0 Å². The molecule has 2 aromatic rings. The SMILES string of the molecule is Cc1cccc(Oc2nc(C(=O)N[C@H](/C=C/S(C)(=O)=O)C3CC3)ccc2C(C)(F)F)c1. The first-order chi connectivity index (χ1) is 14.4. The summed E-state index contributed by atoms with van der Waals surface area (Å²) in [7, 11) is -3.34. The molecular formula is C22H24F2N2O4S. The fourth-order valence-electron chi connectivity index (χ4n) is 3.00. The number of nitrogens with one attached hydrogen (secondary N) is 1. The molecule has 1 fully saturated rings. The third-order valence-corrected chi connectivity index (χ3v) is 5.38. The van der Waals surface area contributed by atoms with E-state index in [0.29, 0.717) is 5.75 Å². The van der Waals surface area contributed by atoms with Crippen molar-refractivity contribution < 1.29 is 26.7 Å². The Balaban J connectivity index is 1.88. The molecule has 1 amide bonds.